The summed E-state index contributed by atoms with van der Waals surface area (Å²) >= 11 is 0. The predicted molar refractivity (Wildman–Crippen MR) is 82.0 cm³/mol. The van der Waals surface area contributed by atoms with Crippen LogP contribution in [-0.2, 0) is 14.3 Å². The van der Waals surface area contributed by atoms with E-state index >= 15 is 0 Å². The summed E-state index contributed by atoms with van der Waals surface area (Å²) in [6.45, 7) is 7.17. The van der Waals surface area contributed by atoms with Gasteiger partial charge in [0.2, 0.25) is 5.91 Å². The van der Waals surface area contributed by atoms with Crippen molar-refractivity contribution in [3.8, 4) is 0 Å². The highest BCUT2D eigenvalue weighted by molar-refractivity contribution is 5.84. The number of aliphatic carboxylic acids is 1. The van der Waals surface area contributed by atoms with Crippen LogP contribution in [0.1, 0.15) is 33.6 Å². The molecule has 0 unspecified atom stereocenters. The molecule has 2 heterocycles. The maximum absolute atomic E-state index is 12.4. The normalized spacial score (nSPS) is 25.3. The Morgan fingerprint density at radius 1 is 1.00 bits per heavy atom. The fraction of sp³-hybridized carbons (Fsp3) is 0.800. The Morgan fingerprint density at radius 3 is 2.00 bits per heavy atom. The molecule has 0 aromatic heterocycles. The van der Waals surface area contributed by atoms with E-state index in [4.69, 9.17) is 9.84 Å². The number of carbonyl (C=O) groups is 3. The van der Waals surface area contributed by atoms with Crippen LogP contribution in [0.3, 0.4) is 0 Å². The minimum atomic E-state index is -0.921. The summed E-state index contributed by atoms with van der Waals surface area (Å²) in [5, 5.41) is 11.8. The first-order chi connectivity index (χ1) is 10.7. The summed E-state index contributed by atoms with van der Waals surface area (Å²) < 4.78 is 5.32. The number of carboxylic acid groups (broad SMARTS) is 1. The molecule has 23 heavy (non-hydrogen) atoms. The van der Waals surface area contributed by atoms with Crippen LogP contribution in [0.5, 0.6) is 0 Å². The van der Waals surface area contributed by atoms with Gasteiger partial charge in [-0.05, 0) is 33.6 Å². The van der Waals surface area contributed by atoms with Crippen LogP contribution in [0.4, 0.5) is 4.79 Å². The second-order valence-electron chi connectivity index (χ2n) is 6.98. The molecule has 0 spiro atoms. The van der Waals surface area contributed by atoms with E-state index < -0.39 is 23.7 Å². The maximum atomic E-state index is 12.4. The average Bonchev–Trinajstić information content (AvgIpc) is 2.95. The van der Waals surface area contributed by atoms with Crippen molar-refractivity contribution in [1.29, 1.82) is 0 Å². The van der Waals surface area contributed by atoms with E-state index in [1.54, 1.807) is 9.80 Å². The lowest BCUT2D eigenvalue weighted by atomic mass is 10.1. The highest BCUT2D eigenvalue weighted by atomic mass is 16.6. The van der Waals surface area contributed by atoms with Crippen molar-refractivity contribution in [2.75, 3.05) is 26.2 Å². The van der Waals surface area contributed by atoms with Crippen molar-refractivity contribution in [1.82, 2.24) is 15.1 Å². The molecule has 0 saturated carbocycles. The van der Waals surface area contributed by atoms with Crippen molar-refractivity contribution >= 4 is 18.0 Å². The number of rotatable bonds is 2. The van der Waals surface area contributed by atoms with Crippen molar-refractivity contribution in [2.45, 2.75) is 51.3 Å². The van der Waals surface area contributed by atoms with Gasteiger partial charge in [0, 0.05) is 26.2 Å². The first-order valence-corrected chi connectivity index (χ1v) is 7.93. The molecule has 130 valence electrons. The molecule has 0 aromatic rings. The van der Waals surface area contributed by atoms with Crippen LogP contribution >= 0.6 is 0 Å². The van der Waals surface area contributed by atoms with Gasteiger partial charge in [-0.25, -0.2) is 4.79 Å². The summed E-state index contributed by atoms with van der Waals surface area (Å²) in [6.07, 6.45) is 0.626. The van der Waals surface area contributed by atoms with Gasteiger partial charge in [-0.15, -0.1) is 0 Å². The molecular formula is C15H25N3O5. The molecule has 0 aromatic carbocycles. The van der Waals surface area contributed by atoms with Crippen LogP contribution in [0, 0.1) is 0 Å². The van der Waals surface area contributed by atoms with Crippen LogP contribution in [0.2, 0.25) is 0 Å². The highest BCUT2D eigenvalue weighted by Crippen LogP contribution is 2.17. The fourth-order valence-corrected chi connectivity index (χ4v) is 2.79. The first-order valence-electron chi connectivity index (χ1n) is 7.93. The molecule has 2 aliphatic rings. The summed E-state index contributed by atoms with van der Waals surface area (Å²) in [5.74, 6) is -1.01. The Hall–Kier alpha value is -1.83. The molecule has 2 N–H and O–H groups in total. The van der Waals surface area contributed by atoms with Gasteiger partial charge in [0.1, 0.15) is 11.6 Å². The molecule has 2 atom stereocenters. The van der Waals surface area contributed by atoms with E-state index in [-0.39, 0.29) is 12.0 Å². The molecule has 0 bridgehead atoms. The number of amides is 2. The number of carboxylic acids is 1. The summed E-state index contributed by atoms with van der Waals surface area (Å²) in [5.41, 5.74) is -0.538. The quantitative estimate of drug-likeness (QED) is 0.755. The fourth-order valence-electron chi connectivity index (χ4n) is 2.79. The molecular weight excluding hydrogens is 302 g/mol. The highest BCUT2D eigenvalue weighted by Gasteiger charge is 2.36. The zero-order chi connectivity index (χ0) is 17.2. The summed E-state index contributed by atoms with van der Waals surface area (Å²) in [6, 6.07) is -1.09. The number of nitrogens with zero attached hydrogens (tertiary/aromatic N) is 2. The third-order valence-electron chi connectivity index (χ3n) is 3.99. The zero-order valence-corrected chi connectivity index (χ0v) is 13.9. The third kappa shape index (κ3) is 4.57. The Bertz CT molecular complexity index is 480. The number of hydrogen-bond donors (Lipinski definition) is 2. The summed E-state index contributed by atoms with van der Waals surface area (Å²) in [4.78, 5) is 38.6. The minimum absolute atomic E-state index is 0.0856. The lowest BCUT2D eigenvalue weighted by Gasteiger charge is -2.36. The van der Waals surface area contributed by atoms with Gasteiger partial charge in [0.05, 0.1) is 6.04 Å². The maximum Gasteiger partial charge on any atom is 0.410 e. The second-order valence-corrected chi connectivity index (χ2v) is 6.98. The molecule has 2 rings (SSSR count). The van der Waals surface area contributed by atoms with Crippen LogP contribution in [0.15, 0.2) is 0 Å². The number of carbonyl (C=O) groups excluding carboxylic acids is 2. The monoisotopic (exact) mass is 327 g/mol. The van der Waals surface area contributed by atoms with E-state index in [1.807, 2.05) is 20.8 Å². The number of nitrogens with one attached hydrogen (secondary N) is 1. The molecule has 8 nitrogen and oxygen atoms in total. The van der Waals surface area contributed by atoms with Gasteiger partial charge >= 0.3 is 12.1 Å². The largest absolute Gasteiger partial charge is 0.480 e. The zero-order valence-electron chi connectivity index (χ0n) is 13.9. The number of hydrogen-bond acceptors (Lipinski definition) is 5. The van der Waals surface area contributed by atoms with Crippen LogP contribution < -0.4 is 5.32 Å². The molecule has 2 amide bonds. The van der Waals surface area contributed by atoms with Crippen molar-refractivity contribution in [2.24, 2.45) is 0 Å². The van der Waals surface area contributed by atoms with Gasteiger partial charge in [0.25, 0.3) is 0 Å². The molecule has 8 heteroatoms. The van der Waals surface area contributed by atoms with Gasteiger partial charge < -0.3 is 19.6 Å². The van der Waals surface area contributed by atoms with Crippen molar-refractivity contribution in [3.05, 3.63) is 0 Å². The Morgan fingerprint density at radius 2 is 1.52 bits per heavy atom. The molecule has 0 radical (unpaired) electrons. The SMILES string of the molecule is CC(C)(C)OC(=O)N1CCN(C(=O)[C@@H]2CC[C@H](C(=O)O)N2)CC1. The standard InChI is InChI=1S/C15H25N3O5/c1-15(2,3)23-14(22)18-8-6-17(7-9-18)12(19)10-4-5-11(16-10)13(20)21/h10-11,16H,4-9H2,1-3H3,(H,20,21)/t10-,11+/m0/s1. The predicted octanol–water partition coefficient (Wildman–Crippen LogP) is 0.271. The van der Waals surface area contributed by atoms with E-state index in [0.717, 1.165) is 0 Å². The second kappa shape index (κ2) is 6.74. The Kier molecular flexibility index (Phi) is 5.13. The number of ether oxygens (including phenoxy) is 1. The van der Waals surface area contributed by atoms with Gasteiger partial charge in [0.15, 0.2) is 0 Å². The van der Waals surface area contributed by atoms with E-state index in [2.05, 4.69) is 5.32 Å². The topological polar surface area (TPSA) is 99.2 Å². The van der Waals surface area contributed by atoms with Crippen LogP contribution in [-0.4, -0.2) is 76.7 Å². The van der Waals surface area contributed by atoms with E-state index in [1.165, 1.54) is 0 Å². The third-order valence-corrected chi connectivity index (χ3v) is 3.99. The Balaban J connectivity index is 1.81. The Labute approximate surface area is 135 Å². The number of piperazine rings is 1. The van der Waals surface area contributed by atoms with Crippen molar-refractivity contribution in [3.63, 3.8) is 0 Å². The minimum Gasteiger partial charge on any atom is -0.480 e. The average molecular weight is 327 g/mol. The molecule has 2 saturated heterocycles. The van der Waals surface area contributed by atoms with Gasteiger partial charge in [-0.1, -0.05) is 0 Å². The van der Waals surface area contributed by atoms with E-state index in [0.29, 0.717) is 39.0 Å². The lowest BCUT2D eigenvalue weighted by Crippen LogP contribution is -2.55. The first kappa shape index (κ1) is 17.5. The van der Waals surface area contributed by atoms with Crippen LogP contribution in [0.25, 0.3) is 0 Å². The van der Waals surface area contributed by atoms with E-state index in [9.17, 15) is 14.4 Å². The lowest BCUT2D eigenvalue weighted by molar-refractivity contribution is -0.139. The van der Waals surface area contributed by atoms with Gasteiger partial charge in [-0.3, -0.25) is 14.9 Å². The van der Waals surface area contributed by atoms with Crippen molar-refractivity contribution < 1.29 is 24.2 Å². The molecule has 2 fully saturated rings. The molecule has 0 aliphatic carbocycles. The molecule has 2 aliphatic heterocycles. The summed E-state index contributed by atoms with van der Waals surface area (Å²) in [7, 11) is 0. The van der Waals surface area contributed by atoms with Gasteiger partial charge in [-0.2, -0.15) is 0 Å². The smallest absolute Gasteiger partial charge is 0.410 e.